The Morgan fingerprint density at radius 2 is 2.20 bits per heavy atom. The van der Waals surface area contributed by atoms with Crippen LogP contribution >= 0.6 is 0 Å². The molecule has 80 valence electrons. The molecular weight excluding hydrogens is 192 g/mol. The molecule has 0 saturated heterocycles. The Morgan fingerprint density at radius 1 is 1.47 bits per heavy atom. The highest BCUT2D eigenvalue weighted by atomic mass is 16.5. The minimum Gasteiger partial charge on any atom is -0.496 e. The second-order valence-electron chi connectivity index (χ2n) is 3.44. The first-order valence-electron chi connectivity index (χ1n) is 4.57. The Balaban J connectivity index is 3.06. The summed E-state index contributed by atoms with van der Waals surface area (Å²) in [5.41, 5.74) is 1.60. The molecule has 0 amide bonds. The first-order chi connectivity index (χ1) is 7.17. The molecule has 1 aromatic carbocycles. The molecule has 1 rings (SSSR count). The second kappa shape index (κ2) is 5.29. The topological polar surface area (TPSA) is 41.9 Å². The monoisotopic (exact) mass is 206 g/mol. The van der Waals surface area contributed by atoms with Crippen molar-refractivity contribution in [2.75, 3.05) is 21.2 Å². The number of aliphatic imine (C=N–C) groups is 1. The van der Waals surface area contributed by atoms with Gasteiger partial charge in [-0.15, -0.1) is 0 Å². The van der Waals surface area contributed by atoms with Gasteiger partial charge in [0.1, 0.15) is 5.75 Å². The summed E-state index contributed by atoms with van der Waals surface area (Å²) in [7, 11) is 5.56. The van der Waals surface area contributed by atoms with Gasteiger partial charge in [-0.2, -0.15) is 4.99 Å². The predicted octanol–water partition coefficient (Wildman–Crippen LogP) is 1.72. The quantitative estimate of drug-likeness (QED) is 0.556. The third-order valence-electron chi connectivity index (χ3n) is 1.93. The number of methoxy groups -OCH3 is 1. The van der Waals surface area contributed by atoms with E-state index in [1.807, 2.05) is 25.1 Å². The third kappa shape index (κ3) is 3.20. The van der Waals surface area contributed by atoms with Gasteiger partial charge in [0.2, 0.25) is 6.08 Å². The summed E-state index contributed by atoms with van der Waals surface area (Å²) in [6.45, 7) is 0.741. The summed E-state index contributed by atoms with van der Waals surface area (Å²) in [5, 5.41) is 0. The van der Waals surface area contributed by atoms with Gasteiger partial charge in [-0.3, -0.25) is 0 Å². The van der Waals surface area contributed by atoms with Crippen molar-refractivity contribution in [3.63, 3.8) is 0 Å². The van der Waals surface area contributed by atoms with E-state index in [-0.39, 0.29) is 0 Å². The Labute approximate surface area is 89.2 Å². The number of hydrogen-bond donors (Lipinski definition) is 0. The van der Waals surface area contributed by atoms with Gasteiger partial charge in [0.25, 0.3) is 0 Å². The minimum atomic E-state index is 0.600. The fourth-order valence-corrected chi connectivity index (χ4v) is 1.35. The standard InChI is InChI=1S/C11H14N2O2/c1-13(2)7-9-6-10(12-8-14)4-5-11(9)15-3/h4-6H,7H2,1-3H3. The van der Waals surface area contributed by atoms with Crippen molar-refractivity contribution in [1.82, 2.24) is 4.90 Å². The van der Waals surface area contributed by atoms with Crippen molar-refractivity contribution in [3.05, 3.63) is 23.8 Å². The second-order valence-corrected chi connectivity index (χ2v) is 3.44. The number of carbonyl (C=O) groups excluding carboxylic acids is 1. The van der Waals surface area contributed by atoms with Gasteiger partial charge in [0.15, 0.2) is 0 Å². The summed E-state index contributed by atoms with van der Waals surface area (Å²) in [4.78, 5) is 15.7. The molecule has 4 heteroatoms. The average Bonchev–Trinajstić information content (AvgIpc) is 2.18. The van der Waals surface area contributed by atoms with Crippen LogP contribution in [0.4, 0.5) is 5.69 Å². The molecule has 0 radical (unpaired) electrons. The van der Waals surface area contributed by atoms with Gasteiger partial charge in [-0.1, -0.05) is 0 Å². The van der Waals surface area contributed by atoms with Gasteiger partial charge in [-0.25, -0.2) is 4.79 Å². The van der Waals surface area contributed by atoms with Crippen LogP contribution in [-0.4, -0.2) is 32.2 Å². The lowest BCUT2D eigenvalue weighted by Crippen LogP contribution is -2.11. The number of hydrogen-bond acceptors (Lipinski definition) is 4. The van der Waals surface area contributed by atoms with Gasteiger partial charge in [0.05, 0.1) is 12.8 Å². The molecule has 0 aliphatic carbocycles. The SMILES string of the molecule is COc1ccc(N=C=O)cc1CN(C)C. The fraction of sp³-hybridized carbons (Fsp3) is 0.364. The molecule has 0 unspecified atom stereocenters. The van der Waals surface area contributed by atoms with E-state index in [9.17, 15) is 4.79 Å². The van der Waals surface area contributed by atoms with Crippen LogP contribution in [0.1, 0.15) is 5.56 Å². The maximum atomic E-state index is 10.1. The maximum absolute atomic E-state index is 10.1. The van der Waals surface area contributed by atoms with Crippen LogP contribution in [0.2, 0.25) is 0 Å². The molecule has 0 N–H and O–H groups in total. The number of ether oxygens (including phenoxy) is 1. The summed E-state index contributed by atoms with van der Waals surface area (Å²) < 4.78 is 5.21. The Bertz CT molecular complexity index is 382. The summed E-state index contributed by atoms with van der Waals surface area (Å²) in [5.74, 6) is 0.800. The van der Waals surface area contributed by atoms with E-state index >= 15 is 0 Å². The molecule has 0 aliphatic heterocycles. The van der Waals surface area contributed by atoms with Crippen molar-refractivity contribution in [3.8, 4) is 5.75 Å². The zero-order valence-electron chi connectivity index (χ0n) is 9.15. The molecular formula is C11H14N2O2. The van der Waals surface area contributed by atoms with E-state index in [4.69, 9.17) is 4.74 Å². The van der Waals surface area contributed by atoms with E-state index in [1.54, 1.807) is 19.2 Å². The highest BCUT2D eigenvalue weighted by Crippen LogP contribution is 2.24. The predicted molar refractivity (Wildman–Crippen MR) is 58.2 cm³/mol. The largest absolute Gasteiger partial charge is 0.496 e. The molecule has 4 nitrogen and oxygen atoms in total. The average molecular weight is 206 g/mol. The Morgan fingerprint density at radius 3 is 2.73 bits per heavy atom. The molecule has 0 atom stereocenters. The van der Waals surface area contributed by atoms with Crippen molar-refractivity contribution >= 4 is 11.8 Å². The molecule has 1 aromatic rings. The number of benzene rings is 1. The molecule has 15 heavy (non-hydrogen) atoms. The van der Waals surface area contributed by atoms with E-state index in [1.165, 1.54) is 6.08 Å². The number of nitrogens with zero attached hydrogens (tertiary/aromatic N) is 2. The van der Waals surface area contributed by atoms with Gasteiger partial charge < -0.3 is 9.64 Å². The molecule has 0 saturated carbocycles. The van der Waals surface area contributed by atoms with Crippen LogP contribution in [0.3, 0.4) is 0 Å². The van der Waals surface area contributed by atoms with Crippen molar-refractivity contribution in [2.45, 2.75) is 6.54 Å². The molecule has 0 aliphatic rings. The molecule has 0 heterocycles. The van der Waals surface area contributed by atoms with Crippen LogP contribution in [0.15, 0.2) is 23.2 Å². The van der Waals surface area contributed by atoms with Gasteiger partial charge >= 0.3 is 0 Å². The van der Waals surface area contributed by atoms with Crippen molar-refractivity contribution in [1.29, 1.82) is 0 Å². The molecule has 0 bridgehead atoms. The molecule has 0 fully saturated rings. The Kier molecular flexibility index (Phi) is 4.03. The van der Waals surface area contributed by atoms with Crippen LogP contribution in [0, 0.1) is 0 Å². The van der Waals surface area contributed by atoms with Crippen LogP contribution < -0.4 is 4.74 Å². The number of isocyanates is 1. The summed E-state index contributed by atoms with van der Waals surface area (Å²) >= 11 is 0. The van der Waals surface area contributed by atoms with Crippen molar-refractivity contribution < 1.29 is 9.53 Å². The van der Waals surface area contributed by atoms with E-state index in [0.717, 1.165) is 17.9 Å². The van der Waals surface area contributed by atoms with Gasteiger partial charge in [0, 0.05) is 12.1 Å². The van der Waals surface area contributed by atoms with Crippen LogP contribution in [0.5, 0.6) is 5.75 Å². The highest BCUT2D eigenvalue weighted by Gasteiger charge is 2.05. The van der Waals surface area contributed by atoms with E-state index in [2.05, 4.69) is 4.99 Å². The Hall–Kier alpha value is -1.64. The summed E-state index contributed by atoms with van der Waals surface area (Å²) in [6.07, 6.45) is 1.52. The van der Waals surface area contributed by atoms with E-state index in [0.29, 0.717) is 5.69 Å². The lowest BCUT2D eigenvalue weighted by molar-refractivity contribution is 0.372. The van der Waals surface area contributed by atoms with Crippen molar-refractivity contribution in [2.24, 2.45) is 4.99 Å². The van der Waals surface area contributed by atoms with Crippen LogP contribution in [0.25, 0.3) is 0 Å². The normalized spacial score (nSPS) is 9.87. The summed E-state index contributed by atoms with van der Waals surface area (Å²) in [6, 6.07) is 5.35. The first kappa shape index (κ1) is 11.4. The molecule has 0 aromatic heterocycles. The molecule has 0 spiro atoms. The van der Waals surface area contributed by atoms with E-state index < -0.39 is 0 Å². The smallest absolute Gasteiger partial charge is 0.240 e. The lowest BCUT2D eigenvalue weighted by atomic mass is 10.1. The third-order valence-corrected chi connectivity index (χ3v) is 1.93. The number of rotatable bonds is 4. The van der Waals surface area contributed by atoms with Crippen LogP contribution in [-0.2, 0) is 11.3 Å². The maximum Gasteiger partial charge on any atom is 0.240 e. The first-order valence-corrected chi connectivity index (χ1v) is 4.57. The highest BCUT2D eigenvalue weighted by molar-refractivity contribution is 5.53. The lowest BCUT2D eigenvalue weighted by Gasteiger charge is -2.13. The minimum absolute atomic E-state index is 0.600. The fourth-order valence-electron chi connectivity index (χ4n) is 1.35. The zero-order valence-corrected chi connectivity index (χ0v) is 9.15. The van der Waals surface area contributed by atoms with Gasteiger partial charge in [-0.05, 0) is 32.3 Å². The zero-order chi connectivity index (χ0) is 11.3.